The number of hydrogen-bond acceptors (Lipinski definition) is 4. The molecule has 0 aromatic heterocycles. The summed E-state index contributed by atoms with van der Waals surface area (Å²) in [5.41, 5.74) is 0.992. The van der Waals surface area contributed by atoms with Crippen LogP contribution in [0, 0.1) is 0 Å². The van der Waals surface area contributed by atoms with E-state index in [2.05, 4.69) is 15.9 Å². The van der Waals surface area contributed by atoms with Crippen molar-refractivity contribution in [3.63, 3.8) is 0 Å². The van der Waals surface area contributed by atoms with Crippen LogP contribution in [0.4, 0.5) is 0 Å². The molecule has 0 saturated heterocycles. The number of esters is 1. The van der Waals surface area contributed by atoms with Gasteiger partial charge in [-0.15, -0.1) is 11.8 Å². The Kier molecular flexibility index (Phi) is 6.43. The molecule has 1 rings (SSSR count). The fourth-order valence-electron chi connectivity index (χ4n) is 1.44. The van der Waals surface area contributed by atoms with Crippen molar-refractivity contribution in [2.75, 3.05) is 18.2 Å². The Morgan fingerprint density at radius 2 is 1.94 bits per heavy atom. The Morgan fingerprint density at radius 1 is 1.28 bits per heavy atom. The number of halogens is 1. The first-order valence-corrected chi connectivity index (χ1v) is 7.92. The van der Waals surface area contributed by atoms with Crippen molar-refractivity contribution in [3.8, 4) is 0 Å². The van der Waals surface area contributed by atoms with Gasteiger partial charge in [-0.1, -0.05) is 15.9 Å². The molecule has 18 heavy (non-hydrogen) atoms. The standard InChI is InChI=1S/C13H15BrO3S/c1-3-17-13(16)10-6-9(12(15)4-5-14)7-11(8-10)18-2/h6-8H,3-5H2,1-2H3. The van der Waals surface area contributed by atoms with Gasteiger partial charge in [-0.25, -0.2) is 4.79 Å². The molecular formula is C13H15BrO3S. The summed E-state index contributed by atoms with van der Waals surface area (Å²) in [6, 6.07) is 5.15. The Hall–Kier alpha value is -0.810. The summed E-state index contributed by atoms with van der Waals surface area (Å²) in [6.07, 6.45) is 2.32. The molecule has 0 fully saturated rings. The van der Waals surface area contributed by atoms with Crippen LogP contribution in [0.3, 0.4) is 0 Å². The van der Waals surface area contributed by atoms with Gasteiger partial charge >= 0.3 is 5.97 Å². The molecular weight excluding hydrogens is 316 g/mol. The lowest BCUT2D eigenvalue weighted by atomic mass is 10.1. The molecule has 0 aliphatic carbocycles. The van der Waals surface area contributed by atoms with Crippen LogP contribution in [0.2, 0.25) is 0 Å². The fraction of sp³-hybridized carbons (Fsp3) is 0.385. The minimum Gasteiger partial charge on any atom is -0.462 e. The van der Waals surface area contributed by atoms with E-state index < -0.39 is 0 Å². The largest absolute Gasteiger partial charge is 0.462 e. The van der Waals surface area contributed by atoms with Gasteiger partial charge in [0.2, 0.25) is 0 Å². The van der Waals surface area contributed by atoms with Crippen LogP contribution < -0.4 is 0 Å². The molecule has 0 heterocycles. The first kappa shape index (κ1) is 15.2. The van der Waals surface area contributed by atoms with E-state index in [1.807, 2.05) is 6.26 Å². The second kappa shape index (κ2) is 7.59. The number of carbonyl (C=O) groups is 2. The number of ketones is 1. The highest BCUT2D eigenvalue weighted by molar-refractivity contribution is 9.09. The summed E-state index contributed by atoms with van der Waals surface area (Å²) in [4.78, 5) is 24.4. The molecule has 98 valence electrons. The van der Waals surface area contributed by atoms with Gasteiger partial charge < -0.3 is 4.74 Å². The van der Waals surface area contributed by atoms with E-state index in [-0.39, 0.29) is 11.8 Å². The molecule has 0 saturated carbocycles. The summed E-state index contributed by atoms with van der Waals surface area (Å²) >= 11 is 4.73. The van der Waals surface area contributed by atoms with E-state index in [0.29, 0.717) is 29.5 Å². The Labute approximate surface area is 119 Å². The van der Waals surface area contributed by atoms with Gasteiger partial charge in [0, 0.05) is 22.2 Å². The summed E-state index contributed by atoms with van der Waals surface area (Å²) in [5.74, 6) is -0.366. The van der Waals surface area contributed by atoms with Crippen LogP contribution in [-0.2, 0) is 4.74 Å². The summed E-state index contributed by atoms with van der Waals surface area (Å²) in [6.45, 7) is 2.08. The lowest BCUT2D eigenvalue weighted by Crippen LogP contribution is -2.07. The molecule has 1 aromatic carbocycles. The van der Waals surface area contributed by atoms with E-state index in [1.165, 1.54) is 11.8 Å². The number of benzene rings is 1. The van der Waals surface area contributed by atoms with Crippen molar-refractivity contribution in [1.29, 1.82) is 0 Å². The summed E-state index contributed by atoms with van der Waals surface area (Å²) in [5, 5.41) is 0.615. The second-order valence-corrected chi connectivity index (χ2v) is 5.21. The van der Waals surface area contributed by atoms with Crippen molar-refractivity contribution in [1.82, 2.24) is 0 Å². The smallest absolute Gasteiger partial charge is 0.338 e. The van der Waals surface area contributed by atoms with Crippen LogP contribution in [0.5, 0.6) is 0 Å². The first-order valence-electron chi connectivity index (χ1n) is 5.57. The third kappa shape index (κ3) is 4.14. The molecule has 0 unspecified atom stereocenters. The zero-order valence-corrected chi connectivity index (χ0v) is 12.8. The SMILES string of the molecule is CCOC(=O)c1cc(SC)cc(C(=O)CCBr)c1. The summed E-state index contributed by atoms with van der Waals surface area (Å²) < 4.78 is 4.95. The normalized spacial score (nSPS) is 10.2. The summed E-state index contributed by atoms with van der Waals surface area (Å²) in [7, 11) is 0. The highest BCUT2D eigenvalue weighted by atomic mass is 79.9. The molecule has 3 nitrogen and oxygen atoms in total. The quantitative estimate of drug-likeness (QED) is 0.346. The number of hydrogen-bond donors (Lipinski definition) is 0. The zero-order chi connectivity index (χ0) is 13.5. The van der Waals surface area contributed by atoms with Crippen LogP contribution in [0.1, 0.15) is 34.1 Å². The molecule has 0 bridgehead atoms. The third-order valence-corrected chi connectivity index (χ3v) is 3.40. The van der Waals surface area contributed by atoms with Crippen LogP contribution in [-0.4, -0.2) is 29.9 Å². The van der Waals surface area contributed by atoms with E-state index >= 15 is 0 Å². The third-order valence-electron chi connectivity index (χ3n) is 2.30. The van der Waals surface area contributed by atoms with E-state index in [9.17, 15) is 9.59 Å². The number of carbonyl (C=O) groups excluding carboxylic acids is 2. The van der Waals surface area contributed by atoms with E-state index in [1.54, 1.807) is 25.1 Å². The van der Waals surface area contributed by atoms with Crippen molar-refractivity contribution in [2.24, 2.45) is 0 Å². The average molecular weight is 331 g/mol. The topological polar surface area (TPSA) is 43.4 Å². The van der Waals surface area contributed by atoms with Crippen molar-refractivity contribution in [2.45, 2.75) is 18.2 Å². The van der Waals surface area contributed by atoms with Gasteiger partial charge in [0.1, 0.15) is 0 Å². The Balaban J connectivity index is 3.08. The molecule has 5 heteroatoms. The number of Topliss-reactive ketones (excluding diaryl/α,β-unsaturated/α-hetero) is 1. The fourth-order valence-corrected chi connectivity index (χ4v) is 2.29. The van der Waals surface area contributed by atoms with Gasteiger partial charge in [-0.3, -0.25) is 4.79 Å². The highest BCUT2D eigenvalue weighted by Gasteiger charge is 2.13. The average Bonchev–Trinajstić information content (AvgIpc) is 2.38. The molecule has 0 radical (unpaired) electrons. The molecule has 0 spiro atoms. The maximum atomic E-state index is 11.9. The second-order valence-electron chi connectivity index (χ2n) is 3.53. The molecule has 1 aromatic rings. The zero-order valence-electron chi connectivity index (χ0n) is 10.4. The van der Waals surface area contributed by atoms with Crippen molar-refractivity contribution >= 4 is 39.4 Å². The number of rotatable bonds is 6. The van der Waals surface area contributed by atoms with Gasteiger partial charge in [0.05, 0.1) is 12.2 Å². The minimum absolute atomic E-state index is 0.0216. The van der Waals surface area contributed by atoms with Gasteiger partial charge in [0.15, 0.2) is 5.78 Å². The van der Waals surface area contributed by atoms with E-state index in [0.717, 1.165) is 4.90 Å². The monoisotopic (exact) mass is 330 g/mol. The number of ether oxygens (including phenoxy) is 1. The molecule has 0 N–H and O–H groups in total. The maximum absolute atomic E-state index is 11.9. The van der Waals surface area contributed by atoms with Crippen LogP contribution >= 0.6 is 27.7 Å². The van der Waals surface area contributed by atoms with Gasteiger partial charge in [-0.05, 0) is 31.4 Å². The predicted octanol–water partition coefficient (Wildman–Crippen LogP) is 3.55. The molecule has 0 amide bonds. The van der Waals surface area contributed by atoms with Crippen molar-refractivity contribution in [3.05, 3.63) is 29.3 Å². The number of thioether (sulfide) groups is 1. The highest BCUT2D eigenvalue weighted by Crippen LogP contribution is 2.21. The van der Waals surface area contributed by atoms with Crippen LogP contribution in [0.15, 0.2) is 23.1 Å². The molecule has 0 aliphatic heterocycles. The Bertz CT molecular complexity index is 410. The maximum Gasteiger partial charge on any atom is 0.338 e. The first-order chi connectivity index (χ1) is 8.62. The van der Waals surface area contributed by atoms with Crippen molar-refractivity contribution < 1.29 is 14.3 Å². The molecule has 0 aliphatic rings. The number of alkyl halides is 1. The van der Waals surface area contributed by atoms with E-state index in [4.69, 9.17) is 4.74 Å². The lowest BCUT2D eigenvalue weighted by Gasteiger charge is -2.07. The lowest BCUT2D eigenvalue weighted by molar-refractivity contribution is 0.0526. The van der Waals surface area contributed by atoms with Gasteiger partial charge in [0.25, 0.3) is 0 Å². The Morgan fingerprint density at radius 3 is 2.50 bits per heavy atom. The minimum atomic E-state index is -0.388. The van der Waals surface area contributed by atoms with Crippen LogP contribution in [0.25, 0.3) is 0 Å². The molecule has 0 atom stereocenters. The van der Waals surface area contributed by atoms with Gasteiger partial charge in [-0.2, -0.15) is 0 Å². The predicted molar refractivity (Wildman–Crippen MR) is 76.9 cm³/mol.